The van der Waals surface area contributed by atoms with Crippen molar-refractivity contribution in [2.75, 3.05) is 6.61 Å². The third kappa shape index (κ3) is 2.84. The summed E-state index contributed by atoms with van der Waals surface area (Å²) in [5.41, 5.74) is 0. The van der Waals surface area contributed by atoms with Crippen LogP contribution in [-0.2, 0) is 4.74 Å². The molecule has 6 nitrogen and oxygen atoms in total. The van der Waals surface area contributed by atoms with Gasteiger partial charge in [0.15, 0.2) is 0 Å². The third-order valence-corrected chi connectivity index (χ3v) is 3.62. The minimum absolute atomic E-state index is 0.133. The van der Waals surface area contributed by atoms with Crippen molar-refractivity contribution in [2.24, 2.45) is 0 Å². The second-order valence-electron chi connectivity index (χ2n) is 5.05. The molecule has 4 atom stereocenters. The SMILES string of the molecule is OCC1OC(Oc2cccc3ccncc23)CC(O)C1O. The number of hydrogen-bond donors (Lipinski definition) is 3. The zero-order chi connectivity index (χ0) is 14.8. The largest absolute Gasteiger partial charge is 0.464 e. The van der Waals surface area contributed by atoms with E-state index in [0.717, 1.165) is 10.8 Å². The lowest BCUT2D eigenvalue weighted by molar-refractivity contribution is -0.229. The summed E-state index contributed by atoms with van der Waals surface area (Å²) in [4.78, 5) is 4.07. The fourth-order valence-corrected chi connectivity index (χ4v) is 2.47. The average molecular weight is 291 g/mol. The Bertz CT molecular complexity index is 615. The first-order chi connectivity index (χ1) is 10.2. The van der Waals surface area contributed by atoms with E-state index in [1.54, 1.807) is 18.5 Å². The summed E-state index contributed by atoms with van der Waals surface area (Å²) in [5, 5.41) is 30.5. The molecule has 1 aliphatic heterocycles. The van der Waals surface area contributed by atoms with E-state index in [-0.39, 0.29) is 13.0 Å². The van der Waals surface area contributed by atoms with Crippen LogP contribution in [0.4, 0.5) is 0 Å². The molecule has 0 bridgehead atoms. The predicted octanol–water partition coefficient (Wildman–Crippen LogP) is 0.443. The van der Waals surface area contributed by atoms with Crippen molar-refractivity contribution >= 4 is 10.8 Å². The van der Waals surface area contributed by atoms with Crippen LogP contribution < -0.4 is 4.74 Å². The molecule has 1 saturated heterocycles. The van der Waals surface area contributed by atoms with Crippen LogP contribution in [0, 0.1) is 0 Å². The zero-order valence-corrected chi connectivity index (χ0v) is 11.3. The Balaban J connectivity index is 1.82. The smallest absolute Gasteiger partial charge is 0.202 e. The van der Waals surface area contributed by atoms with E-state index in [1.807, 2.05) is 18.2 Å². The van der Waals surface area contributed by atoms with Crippen molar-refractivity contribution in [1.82, 2.24) is 4.98 Å². The maximum absolute atomic E-state index is 9.81. The van der Waals surface area contributed by atoms with Crippen LogP contribution in [0.25, 0.3) is 10.8 Å². The van der Waals surface area contributed by atoms with E-state index in [0.29, 0.717) is 5.75 Å². The molecule has 1 aromatic carbocycles. The minimum atomic E-state index is -1.11. The number of ether oxygens (including phenoxy) is 2. The summed E-state index contributed by atoms with van der Waals surface area (Å²) in [6.07, 6.45) is -0.155. The first-order valence-corrected chi connectivity index (χ1v) is 6.81. The van der Waals surface area contributed by atoms with Gasteiger partial charge in [0.1, 0.15) is 18.0 Å². The highest BCUT2D eigenvalue weighted by molar-refractivity contribution is 5.87. The summed E-state index contributed by atoms with van der Waals surface area (Å²) < 4.78 is 11.2. The van der Waals surface area contributed by atoms with Crippen molar-refractivity contribution in [1.29, 1.82) is 0 Å². The molecular weight excluding hydrogens is 274 g/mol. The maximum Gasteiger partial charge on any atom is 0.202 e. The third-order valence-electron chi connectivity index (χ3n) is 3.62. The van der Waals surface area contributed by atoms with Crippen molar-refractivity contribution in [3.8, 4) is 5.75 Å². The van der Waals surface area contributed by atoms with Gasteiger partial charge in [0.2, 0.25) is 6.29 Å². The molecule has 0 spiro atoms. The normalized spacial score (nSPS) is 29.5. The van der Waals surface area contributed by atoms with Crippen LogP contribution >= 0.6 is 0 Å². The monoisotopic (exact) mass is 291 g/mol. The number of benzene rings is 1. The Morgan fingerprint density at radius 3 is 2.95 bits per heavy atom. The van der Waals surface area contributed by atoms with Crippen molar-refractivity contribution in [3.05, 3.63) is 36.7 Å². The molecule has 1 aromatic heterocycles. The van der Waals surface area contributed by atoms with Gasteiger partial charge in [-0.2, -0.15) is 0 Å². The van der Waals surface area contributed by atoms with Crippen LogP contribution in [-0.4, -0.2) is 51.5 Å². The van der Waals surface area contributed by atoms with Gasteiger partial charge >= 0.3 is 0 Å². The van der Waals surface area contributed by atoms with Gasteiger partial charge in [-0.15, -0.1) is 0 Å². The first kappa shape index (κ1) is 14.2. The molecule has 3 rings (SSSR count). The highest BCUT2D eigenvalue weighted by atomic mass is 16.7. The Morgan fingerprint density at radius 1 is 1.29 bits per heavy atom. The number of hydrogen-bond acceptors (Lipinski definition) is 6. The first-order valence-electron chi connectivity index (χ1n) is 6.81. The van der Waals surface area contributed by atoms with Gasteiger partial charge in [-0.1, -0.05) is 12.1 Å². The Hall–Kier alpha value is -1.73. The number of nitrogens with zero attached hydrogens (tertiary/aromatic N) is 1. The molecule has 3 N–H and O–H groups in total. The second-order valence-corrected chi connectivity index (χ2v) is 5.05. The van der Waals surface area contributed by atoms with Crippen LogP contribution in [0.2, 0.25) is 0 Å². The Morgan fingerprint density at radius 2 is 2.14 bits per heavy atom. The van der Waals surface area contributed by atoms with Gasteiger partial charge in [-0.3, -0.25) is 4.98 Å². The highest BCUT2D eigenvalue weighted by Gasteiger charge is 2.37. The standard InChI is InChI=1S/C15H17NO5/c17-8-13-15(19)11(18)6-14(21-13)20-12-3-1-2-9-4-5-16-7-10(9)12/h1-5,7,11,13-15,17-19H,6,8H2. The van der Waals surface area contributed by atoms with Crippen LogP contribution in [0.3, 0.4) is 0 Å². The molecule has 0 radical (unpaired) electrons. The number of rotatable bonds is 3. The molecule has 1 fully saturated rings. The topological polar surface area (TPSA) is 92.0 Å². The van der Waals surface area contributed by atoms with Gasteiger partial charge in [0, 0.05) is 24.2 Å². The molecule has 112 valence electrons. The molecule has 6 heteroatoms. The molecular formula is C15H17NO5. The number of aliphatic hydroxyl groups excluding tert-OH is 3. The van der Waals surface area contributed by atoms with Gasteiger partial charge in [-0.05, 0) is 17.5 Å². The summed E-state index contributed by atoms with van der Waals surface area (Å²) in [7, 11) is 0. The summed E-state index contributed by atoms with van der Waals surface area (Å²) >= 11 is 0. The molecule has 0 aliphatic carbocycles. The van der Waals surface area contributed by atoms with E-state index in [4.69, 9.17) is 9.47 Å². The number of fused-ring (bicyclic) bond motifs is 1. The quantitative estimate of drug-likeness (QED) is 0.760. The van der Waals surface area contributed by atoms with E-state index >= 15 is 0 Å². The fraction of sp³-hybridized carbons (Fsp3) is 0.400. The lowest BCUT2D eigenvalue weighted by Gasteiger charge is -2.36. The number of aromatic nitrogens is 1. The lowest BCUT2D eigenvalue weighted by atomic mass is 10.0. The van der Waals surface area contributed by atoms with Gasteiger partial charge in [-0.25, -0.2) is 0 Å². The molecule has 0 saturated carbocycles. The number of aliphatic hydroxyl groups is 3. The maximum atomic E-state index is 9.81. The molecule has 2 heterocycles. The van der Waals surface area contributed by atoms with Crippen molar-refractivity contribution < 1.29 is 24.8 Å². The lowest BCUT2D eigenvalue weighted by Crippen LogP contribution is -2.51. The van der Waals surface area contributed by atoms with Crippen molar-refractivity contribution in [3.63, 3.8) is 0 Å². The Labute approximate surface area is 121 Å². The van der Waals surface area contributed by atoms with Crippen LogP contribution in [0.5, 0.6) is 5.75 Å². The van der Waals surface area contributed by atoms with Crippen molar-refractivity contribution in [2.45, 2.75) is 31.0 Å². The molecule has 21 heavy (non-hydrogen) atoms. The summed E-state index contributed by atoms with van der Waals surface area (Å²) in [6.45, 7) is -0.380. The van der Waals surface area contributed by atoms with E-state index in [2.05, 4.69) is 4.98 Å². The molecule has 1 aliphatic rings. The molecule has 4 unspecified atom stereocenters. The highest BCUT2D eigenvalue weighted by Crippen LogP contribution is 2.28. The van der Waals surface area contributed by atoms with E-state index in [9.17, 15) is 15.3 Å². The van der Waals surface area contributed by atoms with E-state index in [1.165, 1.54) is 0 Å². The summed E-state index contributed by atoms with van der Waals surface area (Å²) in [5.74, 6) is 0.589. The zero-order valence-electron chi connectivity index (χ0n) is 11.3. The minimum Gasteiger partial charge on any atom is -0.464 e. The molecule has 0 amide bonds. The second kappa shape index (κ2) is 5.95. The average Bonchev–Trinajstić information content (AvgIpc) is 2.51. The molecule has 2 aromatic rings. The van der Waals surface area contributed by atoms with Crippen LogP contribution in [0.15, 0.2) is 36.7 Å². The predicted molar refractivity (Wildman–Crippen MR) is 74.7 cm³/mol. The van der Waals surface area contributed by atoms with Gasteiger partial charge < -0.3 is 24.8 Å². The van der Waals surface area contributed by atoms with Gasteiger partial charge in [0.25, 0.3) is 0 Å². The van der Waals surface area contributed by atoms with Crippen LogP contribution in [0.1, 0.15) is 6.42 Å². The Kier molecular flexibility index (Phi) is 4.03. The van der Waals surface area contributed by atoms with E-state index < -0.39 is 24.6 Å². The van der Waals surface area contributed by atoms with Gasteiger partial charge in [0.05, 0.1) is 12.7 Å². The summed E-state index contributed by atoms with van der Waals surface area (Å²) in [6, 6.07) is 7.47. The number of pyridine rings is 1. The fourth-order valence-electron chi connectivity index (χ4n) is 2.47.